The second-order valence-electron chi connectivity index (χ2n) is 2.76. The number of benzene rings is 1. The topological polar surface area (TPSA) is 37.9 Å². The van der Waals surface area contributed by atoms with Gasteiger partial charge in [-0.15, -0.1) is 0 Å². The molecule has 0 aliphatic heterocycles. The van der Waals surface area contributed by atoms with Crippen molar-refractivity contribution in [2.24, 2.45) is 0 Å². The smallest absolute Gasteiger partial charge is 0.165 e. The molecule has 3 nitrogen and oxygen atoms in total. The summed E-state index contributed by atoms with van der Waals surface area (Å²) in [4.78, 5) is 6.93. The van der Waals surface area contributed by atoms with Crippen LogP contribution in [-0.2, 0) is 0 Å². The lowest BCUT2D eigenvalue weighted by atomic mass is 10.2. The zero-order valence-corrected chi connectivity index (χ0v) is 7.62. The Hall–Kier alpha value is -1.84. The predicted molar refractivity (Wildman–Crippen MR) is 50.5 cm³/mol. The molecule has 0 spiro atoms. The Bertz CT molecular complexity index is 426. The second-order valence-corrected chi connectivity index (χ2v) is 2.76. The normalized spacial score (nSPS) is 10.1. The Balaban J connectivity index is 2.58. The fourth-order valence-corrected chi connectivity index (χ4v) is 1.32. The van der Waals surface area contributed by atoms with Gasteiger partial charge in [-0.05, 0) is 12.1 Å². The Morgan fingerprint density at radius 1 is 1.43 bits per heavy atom. The lowest BCUT2D eigenvalue weighted by molar-refractivity contribution is 0.388. The number of ether oxygens (including phenoxy) is 1. The van der Waals surface area contributed by atoms with Crippen LogP contribution in [0.3, 0.4) is 0 Å². The largest absolute Gasteiger partial charge is 0.493 e. The highest BCUT2D eigenvalue weighted by molar-refractivity contribution is 5.64. The molecule has 1 heterocycles. The molecule has 1 N–H and O–H groups in total. The number of aromatic nitrogens is 2. The van der Waals surface area contributed by atoms with Gasteiger partial charge in [-0.3, -0.25) is 0 Å². The number of nitrogens with one attached hydrogen (secondary N) is 1. The van der Waals surface area contributed by atoms with Gasteiger partial charge in [0.25, 0.3) is 0 Å². The van der Waals surface area contributed by atoms with Crippen LogP contribution in [0, 0.1) is 5.82 Å². The van der Waals surface area contributed by atoms with Crippen LogP contribution < -0.4 is 4.74 Å². The Labute approximate surface area is 80.6 Å². The van der Waals surface area contributed by atoms with Gasteiger partial charge in [0.1, 0.15) is 5.82 Å². The summed E-state index contributed by atoms with van der Waals surface area (Å²) in [6.45, 7) is 0. The molecule has 4 heteroatoms. The number of hydrogen-bond acceptors (Lipinski definition) is 2. The maximum Gasteiger partial charge on any atom is 0.165 e. The fourth-order valence-electron chi connectivity index (χ4n) is 1.32. The minimum Gasteiger partial charge on any atom is -0.493 e. The van der Waals surface area contributed by atoms with E-state index in [1.165, 1.54) is 13.2 Å². The Kier molecular flexibility index (Phi) is 2.18. The first-order valence-electron chi connectivity index (χ1n) is 4.15. The minimum absolute atomic E-state index is 0.211. The summed E-state index contributed by atoms with van der Waals surface area (Å²) in [6, 6.07) is 4.72. The van der Waals surface area contributed by atoms with Gasteiger partial charge in [-0.1, -0.05) is 6.07 Å². The van der Waals surface area contributed by atoms with Crippen LogP contribution in [0.15, 0.2) is 30.6 Å². The summed E-state index contributed by atoms with van der Waals surface area (Å²) in [5.74, 6) is 0.421. The summed E-state index contributed by atoms with van der Waals surface area (Å²) < 4.78 is 18.2. The van der Waals surface area contributed by atoms with Crippen LogP contribution >= 0.6 is 0 Å². The van der Waals surface area contributed by atoms with E-state index in [4.69, 9.17) is 4.74 Å². The fraction of sp³-hybridized carbons (Fsp3) is 0.100. The third-order valence-electron chi connectivity index (χ3n) is 1.92. The molecule has 2 aromatic rings. The van der Waals surface area contributed by atoms with Gasteiger partial charge in [0.15, 0.2) is 11.6 Å². The van der Waals surface area contributed by atoms with E-state index in [9.17, 15) is 4.39 Å². The summed E-state index contributed by atoms with van der Waals surface area (Å²) in [7, 11) is 1.44. The zero-order valence-electron chi connectivity index (χ0n) is 7.62. The standard InChI is InChI=1S/C10H9FN2O/c1-14-9-7(3-2-4-8(9)11)10-12-5-6-13-10/h2-6H,1H3,(H,12,13). The molecule has 14 heavy (non-hydrogen) atoms. The molecule has 2 rings (SSSR count). The lowest BCUT2D eigenvalue weighted by Crippen LogP contribution is -1.92. The highest BCUT2D eigenvalue weighted by Crippen LogP contribution is 2.29. The average Bonchev–Trinajstić information content (AvgIpc) is 2.70. The van der Waals surface area contributed by atoms with Crippen LogP contribution in [0.4, 0.5) is 4.39 Å². The van der Waals surface area contributed by atoms with E-state index in [0.717, 1.165) is 0 Å². The van der Waals surface area contributed by atoms with Crippen molar-refractivity contribution in [3.05, 3.63) is 36.4 Å². The summed E-state index contributed by atoms with van der Waals surface area (Å²) in [6.07, 6.45) is 3.29. The SMILES string of the molecule is COc1c(F)cccc1-c1ncc[nH]1. The molecule has 0 saturated carbocycles. The lowest BCUT2D eigenvalue weighted by Gasteiger charge is -2.06. The molecule has 0 aliphatic carbocycles. The Morgan fingerprint density at radius 2 is 2.29 bits per heavy atom. The molecule has 0 saturated heterocycles. The summed E-state index contributed by atoms with van der Waals surface area (Å²) >= 11 is 0. The van der Waals surface area contributed by atoms with Crippen LogP contribution in [0.25, 0.3) is 11.4 Å². The van der Waals surface area contributed by atoms with Gasteiger partial charge < -0.3 is 9.72 Å². The molecule has 0 unspecified atom stereocenters. The highest BCUT2D eigenvalue weighted by Gasteiger charge is 2.11. The van der Waals surface area contributed by atoms with Gasteiger partial charge >= 0.3 is 0 Å². The highest BCUT2D eigenvalue weighted by atomic mass is 19.1. The number of para-hydroxylation sites is 1. The number of hydrogen-bond donors (Lipinski definition) is 1. The van der Waals surface area contributed by atoms with E-state index in [0.29, 0.717) is 11.4 Å². The molecule has 0 amide bonds. The van der Waals surface area contributed by atoms with E-state index in [1.54, 1.807) is 24.5 Å². The molecule has 1 aromatic carbocycles. The van der Waals surface area contributed by atoms with Gasteiger partial charge in [-0.25, -0.2) is 9.37 Å². The number of halogens is 1. The number of H-pyrrole nitrogens is 1. The molecular weight excluding hydrogens is 183 g/mol. The minimum atomic E-state index is -0.388. The number of methoxy groups -OCH3 is 1. The maximum atomic E-state index is 13.3. The first kappa shape index (κ1) is 8.74. The van der Waals surface area contributed by atoms with Crippen molar-refractivity contribution in [1.82, 2.24) is 9.97 Å². The summed E-state index contributed by atoms with van der Waals surface area (Å²) in [5, 5.41) is 0. The predicted octanol–water partition coefficient (Wildman–Crippen LogP) is 2.22. The molecule has 72 valence electrons. The van der Waals surface area contributed by atoms with Gasteiger partial charge in [-0.2, -0.15) is 0 Å². The maximum absolute atomic E-state index is 13.3. The molecule has 1 aromatic heterocycles. The van der Waals surface area contributed by atoms with E-state index < -0.39 is 0 Å². The van der Waals surface area contributed by atoms with Gasteiger partial charge in [0.05, 0.1) is 12.7 Å². The Morgan fingerprint density at radius 3 is 2.93 bits per heavy atom. The van der Waals surface area contributed by atoms with Crippen LogP contribution in [-0.4, -0.2) is 17.1 Å². The van der Waals surface area contributed by atoms with E-state index >= 15 is 0 Å². The van der Waals surface area contributed by atoms with Crippen molar-refractivity contribution in [3.63, 3.8) is 0 Å². The monoisotopic (exact) mass is 192 g/mol. The van der Waals surface area contributed by atoms with Crippen LogP contribution in [0.5, 0.6) is 5.75 Å². The van der Waals surface area contributed by atoms with Crippen molar-refractivity contribution in [1.29, 1.82) is 0 Å². The first-order chi connectivity index (χ1) is 6.83. The van der Waals surface area contributed by atoms with Crippen LogP contribution in [0.1, 0.15) is 0 Å². The first-order valence-corrected chi connectivity index (χ1v) is 4.15. The third kappa shape index (κ3) is 1.35. The molecule has 0 radical (unpaired) electrons. The second kappa shape index (κ2) is 3.49. The number of rotatable bonds is 2. The number of nitrogens with zero attached hydrogens (tertiary/aromatic N) is 1. The van der Waals surface area contributed by atoms with Crippen molar-refractivity contribution in [2.45, 2.75) is 0 Å². The zero-order chi connectivity index (χ0) is 9.97. The van der Waals surface area contributed by atoms with Crippen molar-refractivity contribution in [2.75, 3.05) is 7.11 Å². The molecule has 0 aliphatic rings. The van der Waals surface area contributed by atoms with E-state index in [2.05, 4.69) is 9.97 Å². The average molecular weight is 192 g/mol. The van der Waals surface area contributed by atoms with E-state index in [1.807, 2.05) is 0 Å². The van der Waals surface area contributed by atoms with Crippen molar-refractivity contribution >= 4 is 0 Å². The number of imidazole rings is 1. The van der Waals surface area contributed by atoms with Gasteiger partial charge in [0, 0.05) is 12.4 Å². The molecule has 0 bridgehead atoms. The van der Waals surface area contributed by atoms with Crippen molar-refractivity contribution < 1.29 is 9.13 Å². The number of aromatic amines is 1. The molecular formula is C10H9FN2O. The third-order valence-corrected chi connectivity index (χ3v) is 1.92. The molecule has 0 fully saturated rings. The van der Waals surface area contributed by atoms with Crippen LogP contribution in [0.2, 0.25) is 0 Å². The quantitative estimate of drug-likeness (QED) is 0.792. The molecule has 0 atom stereocenters. The van der Waals surface area contributed by atoms with Crippen molar-refractivity contribution in [3.8, 4) is 17.1 Å². The summed E-state index contributed by atoms with van der Waals surface area (Å²) in [5.41, 5.74) is 0.623. The van der Waals surface area contributed by atoms with Gasteiger partial charge in [0.2, 0.25) is 0 Å². The van der Waals surface area contributed by atoms with E-state index in [-0.39, 0.29) is 11.6 Å².